The minimum absolute atomic E-state index is 0.328. The van der Waals surface area contributed by atoms with Gasteiger partial charge in [-0.15, -0.1) is 0 Å². The SMILES string of the molecule is Cc1cc(C)c2nc([C@@H](O)[C@H](O)c3nc4c(C)cc(C)cc4[nH]3)[nH]c2c1. The molecule has 4 rings (SSSR count). The zero-order chi connectivity index (χ0) is 18.6. The Kier molecular flexibility index (Phi) is 3.82. The van der Waals surface area contributed by atoms with Crippen LogP contribution in [0.25, 0.3) is 22.1 Å². The first kappa shape index (κ1) is 16.8. The maximum atomic E-state index is 10.6. The lowest BCUT2D eigenvalue weighted by atomic mass is 10.1. The number of benzene rings is 2. The van der Waals surface area contributed by atoms with Gasteiger partial charge >= 0.3 is 0 Å². The fraction of sp³-hybridized carbons (Fsp3) is 0.300. The topological polar surface area (TPSA) is 97.8 Å². The molecule has 0 spiro atoms. The third-order valence-corrected chi connectivity index (χ3v) is 4.74. The summed E-state index contributed by atoms with van der Waals surface area (Å²) in [5.74, 6) is 0.657. The van der Waals surface area contributed by atoms with Gasteiger partial charge < -0.3 is 20.2 Å². The van der Waals surface area contributed by atoms with Crippen LogP contribution in [0.15, 0.2) is 24.3 Å². The van der Waals surface area contributed by atoms with E-state index in [-0.39, 0.29) is 0 Å². The largest absolute Gasteiger partial charge is 0.382 e. The second-order valence-corrected chi connectivity index (χ2v) is 7.09. The predicted molar refractivity (Wildman–Crippen MR) is 101 cm³/mol. The van der Waals surface area contributed by atoms with Crippen molar-refractivity contribution in [1.29, 1.82) is 0 Å². The average Bonchev–Trinajstić information content (AvgIpc) is 3.17. The van der Waals surface area contributed by atoms with Crippen LogP contribution in [0.4, 0.5) is 0 Å². The molecular formula is C20H22N4O2. The quantitative estimate of drug-likeness (QED) is 0.455. The van der Waals surface area contributed by atoms with Gasteiger partial charge in [-0.3, -0.25) is 0 Å². The van der Waals surface area contributed by atoms with Crippen LogP contribution >= 0.6 is 0 Å². The molecule has 134 valence electrons. The maximum Gasteiger partial charge on any atom is 0.145 e. The van der Waals surface area contributed by atoms with E-state index in [2.05, 4.69) is 19.9 Å². The molecule has 6 heteroatoms. The van der Waals surface area contributed by atoms with Crippen molar-refractivity contribution in [2.75, 3.05) is 0 Å². The minimum atomic E-state index is -1.20. The molecule has 2 atom stereocenters. The zero-order valence-electron chi connectivity index (χ0n) is 15.3. The molecule has 0 aliphatic carbocycles. The zero-order valence-corrected chi connectivity index (χ0v) is 15.3. The molecule has 0 fully saturated rings. The number of aromatic nitrogens is 4. The summed E-state index contributed by atoms with van der Waals surface area (Å²) in [6.45, 7) is 7.98. The fourth-order valence-corrected chi connectivity index (χ4v) is 3.56. The number of imidazole rings is 2. The number of nitrogens with zero attached hydrogens (tertiary/aromatic N) is 2. The van der Waals surface area contributed by atoms with Gasteiger partial charge in [0, 0.05) is 0 Å². The summed E-state index contributed by atoms with van der Waals surface area (Å²) in [5.41, 5.74) is 7.57. The lowest BCUT2D eigenvalue weighted by molar-refractivity contribution is 0.00779. The van der Waals surface area contributed by atoms with E-state index in [1.165, 1.54) is 0 Å². The second kappa shape index (κ2) is 5.93. The van der Waals surface area contributed by atoms with Crippen molar-refractivity contribution in [1.82, 2.24) is 19.9 Å². The first-order valence-electron chi connectivity index (χ1n) is 8.63. The van der Waals surface area contributed by atoms with Crippen LogP contribution in [0.1, 0.15) is 46.1 Å². The monoisotopic (exact) mass is 350 g/mol. The Bertz CT molecular complexity index is 1040. The highest BCUT2D eigenvalue weighted by molar-refractivity contribution is 5.80. The second-order valence-electron chi connectivity index (χ2n) is 7.09. The number of H-pyrrole nitrogens is 2. The lowest BCUT2D eigenvalue weighted by Crippen LogP contribution is -2.13. The molecule has 0 amide bonds. The van der Waals surface area contributed by atoms with Crippen molar-refractivity contribution in [2.45, 2.75) is 39.9 Å². The highest BCUT2D eigenvalue weighted by Crippen LogP contribution is 2.30. The third kappa shape index (κ3) is 2.67. The number of aryl methyl sites for hydroxylation is 4. The normalized spacial score (nSPS) is 14.2. The first-order chi connectivity index (χ1) is 12.3. The number of hydrogen-bond donors (Lipinski definition) is 4. The van der Waals surface area contributed by atoms with Gasteiger partial charge in [-0.1, -0.05) is 12.1 Å². The molecule has 26 heavy (non-hydrogen) atoms. The van der Waals surface area contributed by atoms with Crippen LogP contribution in [-0.2, 0) is 0 Å². The van der Waals surface area contributed by atoms with Gasteiger partial charge in [0.2, 0.25) is 0 Å². The number of rotatable bonds is 3. The van der Waals surface area contributed by atoms with E-state index in [1.807, 2.05) is 52.0 Å². The highest BCUT2D eigenvalue weighted by atomic mass is 16.3. The third-order valence-electron chi connectivity index (χ3n) is 4.74. The summed E-state index contributed by atoms with van der Waals surface area (Å²) in [6.07, 6.45) is -2.41. The molecule has 2 heterocycles. The number of nitrogens with one attached hydrogen (secondary N) is 2. The summed E-state index contributed by atoms with van der Waals surface area (Å²) in [5, 5.41) is 21.3. The predicted octanol–water partition coefficient (Wildman–Crippen LogP) is 3.44. The van der Waals surface area contributed by atoms with Gasteiger partial charge in [-0.05, 0) is 62.1 Å². The van der Waals surface area contributed by atoms with Gasteiger partial charge in [0.15, 0.2) is 0 Å². The van der Waals surface area contributed by atoms with E-state index < -0.39 is 12.2 Å². The average molecular weight is 350 g/mol. The van der Waals surface area contributed by atoms with Crippen LogP contribution in [0.2, 0.25) is 0 Å². The molecule has 0 bridgehead atoms. The molecule has 2 aromatic carbocycles. The number of aromatic amines is 2. The van der Waals surface area contributed by atoms with E-state index in [9.17, 15) is 10.2 Å². The highest BCUT2D eigenvalue weighted by Gasteiger charge is 2.26. The first-order valence-corrected chi connectivity index (χ1v) is 8.63. The van der Waals surface area contributed by atoms with E-state index in [1.54, 1.807) is 0 Å². The lowest BCUT2D eigenvalue weighted by Gasteiger charge is -2.13. The summed E-state index contributed by atoms with van der Waals surface area (Å²) in [4.78, 5) is 15.2. The van der Waals surface area contributed by atoms with Crippen LogP contribution in [-0.4, -0.2) is 30.1 Å². The molecule has 0 aliphatic heterocycles. The van der Waals surface area contributed by atoms with Crippen molar-refractivity contribution in [2.24, 2.45) is 0 Å². The van der Waals surface area contributed by atoms with Crippen molar-refractivity contribution < 1.29 is 10.2 Å². The van der Waals surface area contributed by atoms with E-state index in [0.29, 0.717) is 11.6 Å². The Balaban J connectivity index is 1.73. The van der Waals surface area contributed by atoms with Crippen LogP contribution in [0.5, 0.6) is 0 Å². The molecular weight excluding hydrogens is 328 g/mol. The molecule has 0 saturated carbocycles. The number of fused-ring (bicyclic) bond motifs is 2. The van der Waals surface area contributed by atoms with Crippen molar-refractivity contribution in [3.63, 3.8) is 0 Å². The van der Waals surface area contributed by atoms with E-state index in [4.69, 9.17) is 0 Å². The Labute approximate surface area is 150 Å². The smallest absolute Gasteiger partial charge is 0.145 e. The molecule has 6 nitrogen and oxygen atoms in total. The van der Waals surface area contributed by atoms with Gasteiger partial charge in [0.25, 0.3) is 0 Å². The summed E-state index contributed by atoms with van der Waals surface area (Å²) < 4.78 is 0. The van der Waals surface area contributed by atoms with Crippen molar-refractivity contribution >= 4 is 22.1 Å². The fourth-order valence-electron chi connectivity index (χ4n) is 3.56. The Hall–Kier alpha value is -2.70. The van der Waals surface area contributed by atoms with Crippen LogP contribution in [0.3, 0.4) is 0 Å². The Morgan fingerprint density at radius 1 is 0.692 bits per heavy atom. The number of aliphatic hydroxyl groups excluding tert-OH is 2. The van der Waals surface area contributed by atoms with E-state index in [0.717, 1.165) is 44.3 Å². The van der Waals surface area contributed by atoms with Crippen LogP contribution in [0, 0.1) is 27.7 Å². The number of aliphatic hydroxyl groups is 2. The summed E-state index contributed by atoms with van der Waals surface area (Å²) >= 11 is 0. The molecule has 2 aromatic heterocycles. The Morgan fingerprint density at radius 2 is 1.08 bits per heavy atom. The maximum absolute atomic E-state index is 10.6. The molecule has 0 radical (unpaired) electrons. The molecule has 0 saturated heterocycles. The van der Waals surface area contributed by atoms with Crippen LogP contribution < -0.4 is 0 Å². The van der Waals surface area contributed by atoms with Crippen molar-refractivity contribution in [3.05, 3.63) is 58.2 Å². The summed E-state index contributed by atoms with van der Waals surface area (Å²) in [7, 11) is 0. The molecule has 4 N–H and O–H groups in total. The standard InChI is InChI=1S/C20H22N4O2/c1-9-5-11(3)15-13(7-9)21-19(23-15)17(25)18(26)20-22-14-8-10(2)6-12(4)16(14)24-20/h5-8,17-18,25-26H,1-4H3,(H,21,23)(H,22,24)/t17-,18-/m0/s1. The minimum Gasteiger partial charge on any atom is -0.382 e. The van der Waals surface area contributed by atoms with Gasteiger partial charge in [-0.25, -0.2) is 9.97 Å². The van der Waals surface area contributed by atoms with Gasteiger partial charge in [-0.2, -0.15) is 0 Å². The molecule has 4 aromatic rings. The number of hydrogen-bond acceptors (Lipinski definition) is 4. The van der Waals surface area contributed by atoms with Gasteiger partial charge in [0.1, 0.15) is 23.9 Å². The molecule has 0 aliphatic rings. The molecule has 0 unspecified atom stereocenters. The Morgan fingerprint density at radius 3 is 1.46 bits per heavy atom. The van der Waals surface area contributed by atoms with E-state index >= 15 is 0 Å². The van der Waals surface area contributed by atoms with Crippen molar-refractivity contribution in [3.8, 4) is 0 Å². The van der Waals surface area contributed by atoms with Gasteiger partial charge in [0.05, 0.1) is 22.1 Å². The summed E-state index contributed by atoms with van der Waals surface area (Å²) in [6, 6.07) is 8.04.